The minimum Gasteiger partial charge on any atom is -0.493 e. The normalized spacial score (nSPS) is 11.1. The van der Waals surface area contributed by atoms with E-state index < -0.39 is 15.9 Å². The Hall–Kier alpha value is -3.11. The van der Waals surface area contributed by atoms with Crippen molar-refractivity contribution in [1.29, 1.82) is 0 Å². The van der Waals surface area contributed by atoms with Gasteiger partial charge >= 0.3 is 0 Å². The molecule has 30 heavy (non-hydrogen) atoms. The lowest BCUT2D eigenvalue weighted by atomic mass is 10.2. The van der Waals surface area contributed by atoms with Gasteiger partial charge in [-0.25, -0.2) is 8.42 Å². The molecule has 0 heterocycles. The Kier molecular flexibility index (Phi) is 7.79. The molecule has 0 spiro atoms. The zero-order valence-corrected chi connectivity index (χ0v) is 18.1. The largest absolute Gasteiger partial charge is 0.493 e. The molecule has 0 aliphatic carbocycles. The summed E-state index contributed by atoms with van der Waals surface area (Å²) in [7, 11) is -1.06. The fourth-order valence-corrected chi connectivity index (χ4v) is 4.11. The number of carbonyl (C=O) groups excluding carboxylic acids is 2. The number of nitrogens with zero attached hydrogens (tertiary/aromatic N) is 1. The second kappa shape index (κ2) is 10.1. The van der Waals surface area contributed by atoms with E-state index >= 15 is 0 Å². The van der Waals surface area contributed by atoms with Gasteiger partial charge < -0.3 is 20.1 Å². The molecule has 162 valence electrons. The highest BCUT2D eigenvalue weighted by Crippen LogP contribution is 2.30. The average molecular weight is 436 g/mol. The molecule has 10 heteroatoms. The van der Waals surface area contributed by atoms with Crippen molar-refractivity contribution in [2.75, 3.05) is 37.9 Å². The molecule has 0 radical (unpaired) electrons. The molecule has 0 saturated heterocycles. The topological polar surface area (TPSA) is 114 Å². The fraction of sp³-hybridized carbons (Fsp3) is 0.300. The quantitative estimate of drug-likeness (QED) is 0.625. The number of methoxy groups -OCH3 is 2. The summed E-state index contributed by atoms with van der Waals surface area (Å²) in [5, 5.41) is 5.27. The maximum atomic E-state index is 13.0. The van der Waals surface area contributed by atoms with Gasteiger partial charge in [0.1, 0.15) is 0 Å². The fourth-order valence-electron chi connectivity index (χ4n) is 2.69. The van der Waals surface area contributed by atoms with E-state index in [1.165, 1.54) is 39.3 Å². The van der Waals surface area contributed by atoms with Crippen LogP contribution >= 0.6 is 0 Å². The number of likely N-dealkylation sites (N-methyl/N-ethyl adjacent to an activating group) is 1. The van der Waals surface area contributed by atoms with Crippen LogP contribution in [0.2, 0.25) is 0 Å². The minimum absolute atomic E-state index is 0.00513. The summed E-state index contributed by atoms with van der Waals surface area (Å²) in [5.74, 6) is -0.0165. The van der Waals surface area contributed by atoms with E-state index in [0.717, 1.165) is 4.31 Å². The van der Waals surface area contributed by atoms with Crippen LogP contribution in [-0.2, 0) is 19.6 Å². The number of ether oxygens (including phenoxy) is 2. The minimum atomic E-state index is -3.93. The van der Waals surface area contributed by atoms with Crippen molar-refractivity contribution in [3.63, 3.8) is 0 Å². The maximum absolute atomic E-state index is 13.0. The Morgan fingerprint density at radius 1 is 0.933 bits per heavy atom. The van der Waals surface area contributed by atoms with Crippen LogP contribution in [0.1, 0.15) is 13.8 Å². The van der Waals surface area contributed by atoms with Crippen LogP contribution < -0.4 is 20.1 Å². The maximum Gasteiger partial charge on any atom is 0.243 e. The molecule has 2 rings (SSSR count). The Morgan fingerprint density at radius 3 is 2.00 bits per heavy atom. The molecule has 0 saturated carbocycles. The second-order valence-corrected chi connectivity index (χ2v) is 8.19. The van der Waals surface area contributed by atoms with E-state index in [0.29, 0.717) is 17.1 Å². The molecule has 2 aromatic rings. The first-order chi connectivity index (χ1) is 14.2. The van der Waals surface area contributed by atoms with Crippen molar-refractivity contribution in [1.82, 2.24) is 4.31 Å². The van der Waals surface area contributed by atoms with Crippen LogP contribution in [0.4, 0.5) is 11.4 Å². The molecule has 0 fully saturated rings. The summed E-state index contributed by atoms with van der Waals surface area (Å²) in [4.78, 5) is 23.5. The van der Waals surface area contributed by atoms with Gasteiger partial charge in [-0.1, -0.05) is 6.92 Å². The Labute approximate surface area is 176 Å². The molecule has 0 bridgehead atoms. The number of anilines is 2. The molecule has 0 atom stereocenters. The Bertz CT molecular complexity index is 1010. The van der Waals surface area contributed by atoms with Gasteiger partial charge in [0.15, 0.2) is 11.5 Å². The standard InChI is InChI=1S/C20H25N3O6S/c1-5-23(30(26,27)17-10-11-18(28-3)19(12-17)29-4)13-20(25)22-16-8-6-15(7-9-16)21-14(2)24/h6-12H,5,13H2,1-4H3,(H,21,24)(H,22,25). The first-order valence-electron chi connectivity index (χ1n) is 9.11. The summed E-state index contributed by atoms with van der Waals surface area (Å²) >= 11 is 0. The summed E-state index contributed by atoms with van der Waals surface area (Å²) < 4.78 is 37.3. The number of nitrogens with one attached hydrogen (secondary N) is 2. The summed E-state index contributed by atoms with van der Waals surface area (Å²) in [6.45, 7) is 2.79. The molecule has 2 amide bonds. The van der Waals surface area contributed by atoms with E-state index in [1.54, 1.807) is 31.2 Å². The zero-order chi connectivity index (χ0) is 22.3. The summed E-state index contributed by atoms with van der Waals surface area (Å²) in [6.07, 6.45) is 0. The van der Waals surface area contributed by atoms with Crippen molar-refractivity contribution in [3.8, 4) is 11.5 Å². The number of hydrogen-bond acceptors (Lipinski definition) is 6. The van der Waals surface area contributed by atoms with Crippen molar-refractivity contribution in [2.45, 2.75) is 18.7 Å². The molecular formula is C20H25N3O6S. The number of carbonyl (C=O) groups is 2. The average Bonchev–Trinajstić information content (AvgIpc) is 2.72. The third-order valence-electron chi connectivity index (χ3n) is 4.15. The van der Waals surface area contributed by atoms with Crippen molar-refractivity contribution < 1.29 is 27.5 Å². The van der Waals surface area contributed by atoms with Crippen molar-refractivity contribution in [2.24, 2.45) is 0 Å². The zero-order valence-electron chi connectivity index (χ0n) is 17.3. The van der Waals surface area contributed by atoms with Crippen LogP contribution in [0.25, 0.3) is 0 Å². The molecule has 0 aliphatic heterocycles. The lowest BCUT2D eigenvalue weighted by Crippen LogP contribution is -2.37. The van der Waals surface area contributed by atoms with Gasteiger partial charge in [0.25, 0.3) is 0 Å². The second-order valence-electron chi connectivity index (χ2n) is 6.25. The molecule has 0 aromatic heterocycles. The molecule has 0 aliphatic rings. The molecule has 9 nitrogen and oxygen atoms in total. The highest BCUT2D eigenvalue weighted by Gasteiger charge is 2.26. The Morgan fingerprint density at radius 2 is 1.50 bits per heavy atom. The smallest absolute Gasteiger partial charge is 0.243 e. The van der Waals surface area contributed by atoms with Crippen LogP contribution in [0.3, 0.4) is 0 Å². The van der Waals surface area contributed by atoms with Gasteiger partial charge in [-0.05, 0) is 36.4 Å². The van der Waals surface area contributed by atoms with E-state index in [2.05, 4.69) is 10.6 Å². The molecule has 0 unspecified atom stereocenters. The third-order valence-corrected chi connectivity index (χ3v) is 6.07. The highest BCUT2D eigenvalue weighted by molar-refractivity contribution is 7.89. The molecular weight excluding hydrogens is 410 g/mol. The predicted molar refractivity (Wildman–Crippen MR) is 113 cm³/mol. The van der Waals surface area contributed by atoms with E-state index in [9.17, 15) is 18.0 Å². The van der Waals surface area contributed by atoms with Gasteiger partial charge in [0, 0.05) is 30.9 Å². The number of rotatable bonds is 9. The SMILES string of the molecule is CCN(CC(=O)Nc1ccc(NC(C)=O)cc1)S(=O)(=O)c1ccc(OC)c(OC)c1. The monoisotopic (exact) mass is 435 g/mol. The number of sulfonamides is 1. The van der Waals surface area contributed by atoms with Gasteiger partial charge in [0.05, 0.1) is 25.7 Å². The van der Waals surface area contributed by atoms with Gasteiger partial charge in [0.2, 0.25) is 21.8 Å². The lowest BCUT2D eigenvalue weighted by Gasteiger charge is -2.21. The van der Waals surface area contributed by atoms with Gasteiger partial charge in [-0.15, -0.1) is 0 Å². The van der Waals surface area contributed by atoms with E-state index in [4.69, 9.17) is 9.47 Å². The van der Waals surface area contributed by atoms with Crippen molar-refractivity contribution in [3.05, 3.63) is 42.5 Å². The van der Waals surface area contributed by atoms with Gasteiger partial charge in [-0.2, -0.15) is 4.31 Å². The lowest BCUT2D eigenvalue weighted by molar-refractivity contribution is -0.116. The molecule has 2 aromatic carbocycles. The van der Waals surface area contributed by atoms with Crippen LogP contribution in [0.15, 0.2) is 47.4 Å². The first-order valence-corrected chi connectivity index (χ1v) is 10.5. The number of benzene rings is 2. The van der Waals surface area contributed by atoms with Crippen LogP contribution in [0, 0.1) is 0 Å². The Balaban J connectivity index is 2.13. The van der Waals surface area contributed by atoms with Crippen LogP contribution in [-0.4, -0.2) is 51.8 Å². The van der Waals surface area contributed by atoms with Crippen LogP contribution in [0.5, 0.6) is 11.5 Å². The third kappa shape index (κ3) is 5.71. The highest BCUT2D eigenvalue weighted by atomic mass is 32.2. The molecule has 2 N–H and O–H groups in total. The van der Waals surface area contributed by atoms with E-state index in [-0.39, 0.29) is 29.6 Å². The predicted octanol–water partition coefficient (Wildman–Crippen LogP) is 2.31. The number of hydrogen-bond donors (Lipinski definition) is 2. The first kappa shape index (κ1) is 23.2. The van der Waals surface area contributed by atoms with E-state index in [1.807, 2.05) is 0 Å². The number of amides is 2. The van der Waals surface area contributed by atoms with Crippen molar-refractivity contribution >= 4 is 33.2 Å². The summed E-state index contributed by atoms with van der Waals surface area (Å²) in [6, 6.07) is 10.7. The summed E-state index contributed by atoms with van der Waals surface area (Å²) in [5.41, 5.74) is 1.07. The van der Waals surface area contributed by atoms with Gasteiger partial charge in [-0.3, -0.25) is 9.59 Å².